The van der Waals surface area contributed by atoms with E-state index in [0.717, 1.165) is 35.2 Å². The number of pyridine rings is 3. The van der Waals surface area contributed by atoms with E-state index in [1.807, 2.05) is 48.9 Å². The van der Waals surface area contributed by atoms with Crippen molar-refractivity contribution in [1.82, 2.24) is 19.5 Å². The molecule has 0 spiro atoms. The zero-order valence-electron chi connectivity index (χ0n) is 30.4. The molecule has 0 bridgehead atoms. The average Bonchev–Trinajstić information content (AvgIpc) is 3.60. The molecule has 1 aliphatic carbocycles. The minimum absolute atomic E-state index is 0.0558. The Morgan fingerprint density at radius 3 is 2.05 bits per heavy atom. The molecule has 0 N–H and O–H groups in total. The van der Waals surface area contributed by atoms with Crippen LogP contribution in [0.4, 0.5) is 34.4 Å². The van der Waals surface area contributed by atoms with Crippen LogP contribution in [0.2, 0.25) is 0 Å². The second-order valence-corrected chi connectivity index (χ2v) is 14.8. The topological polar surface area (TPSA) is 50.1 Å². The second-order valence-electron chi connectivity index (χ2n) is 14.8. The van der Waals surface area contributed by atoms with Crippen molar-refractivity contribution in [3.8, 4) is 16.9 Å². The van der Waals surface area contributed by atoms with E-state index in [4.69, 9.17) is 15.0 Å². The van der Waals surface area contributed by atoms with Gasteiger partial charge in [-0.3, -0.25) is 9.47 Å². The molecule has 0 amide bonds. The van der Waals surface area contributed by atoms with E-state index in [9.17, 15) is 0 Å². The molecule has 0 saturated heterocycles. The first kappa shape index (κ1) is 31.1. The number of anilines is 6. The predicted octanol–water partition coefficient (Wildman–Crippen LogP) is 9.25. The molecular weight excluding hydrogens is 683 g/mol. The Balaban J connectivity index is 1.20. The molecule has 1 atom stereocenters. The van der Waals surface area contributed by atoms with E-state index in [-0.39, 0.29) is 12.6 Å². The summed E-state index contributed by atoms with van der Waals surface area (Å²) in [7, 11) is 0. The predicted molar refractivity (Wildman–Crippen MR) is 228 cm³/mol. The fourth-order valence-electron chi connectivity index (χ4n) is 9.85. The molecule has 262 valence electrons. The first-order chi connectivity index (χ1) is 27.8. The summed E-state index contributed by atoms with van der Waals surface area (Å²) in [5.74, 6) is 2.66. The molecule has 4 aromatic heterocycles. The lowest BCUT2D eigenvalue weighted by Crippen LogP contribution is -2.62. The third-order valence-corrected chi connectivity index (χ3v) is 11.9. The van der Waals surface area contributed by atoms with Crippen LogP contribution >= 0.6 is 0 Å². The van der Waals surface area contributed by atoms with Gasteiger partial charge in [0.05, 0.1) is 11.2 Å². The van der Waals surface area contributed by atoms with Crippen molar-refractivity contribution in [2.75, 3.05) is 9.80 Å². The molecule has 9 aromatic rings. The standard InChI is InChI=1S/C49H33BN6/c1-2-15-32(16-3-1)54-41-22-7-5-19-38(41)50-39-20-14-18-35-47(39)36(31-42-48(35)34-17-4-6-21-40(34)56(42)46-25-10-13-28-53-46)37-29-33(30-43(54)49(37)50)55(44-23-8-11-26-51-44)45-24-9-12-27-52-45/h1-30,36H,31H2. The van der Waals surface area contributed by atoms with Crippen molar-refractivity contribution in [2.24, 2.45) is 0 Å². The molecule has 3 aliphatic rings. The zero-order chi connectivity index (χ0) is 36.7. The van der Waals surface area contributed by atoms with Crippen molar-refractivity contribution in [3.05, 3.63) is 199 Å². The Hall–Kier alpha value is -7.25. The summed E-state index contributed by atoms with van der Waals surface area (Å²) >= 11 is 0. The Morgan fingerprint density at radius 1 is 0.589 bits per heavy atom. The molecule has 5 aromatic carbocycles. The van der Waals surface area contributed by atoms with Crippen LogP contribution in [-0.4, -0.2) is 26.2 Å². The number of aromatic nitrogens is 4. The minimum Gasteiger partial charge on any atom is -0.311 e. The molecule has 6 heterocycles. The van der Waals surface area contributed by atoms with Gasteiger partial charge in [-0.1, -0.05) is 96.5 Å². The van der Waals surface area contributed by atoms with Gasteiger partial charge in [-0.25, -0.2) is 15.0 Å². The number of fused-ring (bicyclic) bond motifs is 8. The first-order valence-corrected chi connectivity index (χ1v) is 19.2. The normalized spacial score (nSPS) is 14.5. The van der Waals surface area contributed by atoms with E-state index < -0.39 is 0 Å². The Bertz CT molecular complexity index is 2930. The Labute approximate surface area is 325 Å². The summed E-state index contributed by atoms with van der Waals surface area (Å²) in [6.45, 7) is 0.0558. The van der Waals surface area contributed by atoms with Gasteiger partial charge in [0.1, 0.15) is 17.5 Å². The van der Waals surface area contributed by atoms with Crippen LogP contribution in [0.3, 0.4) is 0 Å². The van der Waals surface area contributed by atoms with E-state index in [2.05, 4.69) is 148 Å². The molecule has 12 rings (SSSR count). The van der Waals surface area contributed by atoms with Crippen molar-refractivity contribution < 1.29 is 0 Å². The number of hydrogen-bond donors (Lipinski definition) is 0. The highest BCUT2D eigenvalue weighted by Gasteiger charge is 2.46. The highest BCUT2D eigenvalue weighted by Crippen LogP contribution is 2.51. The fourth-order valence-corrected chi connectivity index (χ4v) is 9.85. The van der Waals surface area contributed by atoms with E-state index in [1.54, 1.807) is 0 Å². The van der Waals surface area contributed by atoms with Crippen molar-refractivity contribution in [2.45, 2.75) is 12.3 Å². The third kappa shape index (κ3) is 4.42. The molecule has 0 saturated carbocycles. The third-order valence-electron chi connectivity index (χ3n) is 11.9. The summed E-state index contributed by atoms with van der Waals surface area (Å²) in [5, 5.41) is 1.26. The quantitative estimate of drug-likeness (QED) is 0.166. The van der Waals surface area contributed by atoms with Gasteiger partial charge in [0.15, 0.2) is 0 Å². The van der Waals surface area contributed by atoms with E-state index >= 15 is 0 Å². The number of nitrogens with zero attached hydrogens (tertiary/aromatic N) is 6. The van der Waals surface area contributed by atoms with E-state index in [1.165, 1.54) is 66.6 Å². The monoisotopic (exact) mass is 716 g/mol. The number of para-hydroxylation sites is 3. The highest BCUT2D eigenvalue weighted by molar-refractivity contribution is 6.99. The van der Waals surface area contributed by atoms with Crippen LogP contribution in [0.15, 0.2) is 182 Å². The molecule has 0 radical (unpaired) electrons. The number of hydrogen-bond acceptors (Lipinski definition) is 5. The smallest absolute Gasteiger partial charge is 0.247 e. The largest absolute Gasteiger partial charge is 0.311 e. The Morgan fingerprint density at radius 2 is 1.29 bits per heavy atom. The van der Waals surface area contributed by atoms with Gasteiger partial charge in [0, 0.05) is 58.2 Å². The lowest BCUT2D eigenvalue weighted by Gasteiger charge is -2.45. The van der Waals surface area contributed by atoms with Gasteiger partial charge >= 0.3 is 0 Å². The lowest BCUT2D eigenvalue weighted by molar-refractivity contribution is 0.757. The summed E-state index contributed by atoms with van der Waals surface area (Å²) in [6.07, 6.45) is 6.44. The Kier molecular flexibility index (Phi) is 6.75. The highest BCUT2D eigenvalue weighted by atomic mass is 15.2. The van der Waals surface area contributed by atoms with Gasteiger partial charge in [-0.05, 0) is 107 Å². The summed E-state index contributed by atoms with van der Waals surface area (Å²) in [6, 6.07) is 58.8. The molecule has 6 nitrogen and oxygen atoms in total. The first-order valence-electron chi connectivity index (χ1n) is 19.2. The number of benzene rings is 5. The molecule has 56 heavy (non-hydrogen) atoms. The maximum Gasteiger partial charge on any atom is 0.247 e. The molecule has 1 unspecified atom stereocenters. The van der Waals surface area contributed by atoms with Crippen LogP contribution in [0.1, 0.15) is 22.7 Å². The molecule has 2 aliphatic heterocycles. The van der Waals surface area contributed by atoms with Crippen LogP contribution < -0.4 is 26.2 Å². The van der Waals surface area contributed by atoms with Crippen LogP contribution in [0.5, 0.6) is 0 Å². The van der Waals surface area contributed by atoms with Crippen LogP contribution in [0, 0.1) is 0 Å². The summed E-state index contributed by atoms with van der Waals surface area (Å²) in [4.78, 5) is 19.4. The number of rotatable bonds is 5. The van der Waals surface area contributed by atoms with E-state index in [0.29, 0.717) is 0 Å². The molecule has 7 heteroatoms. The fraction of sp³-hybridized carbons (Fsp3) is 0.0408. The lowest BCUT2D eigenvalue weighted by atomic mass is 9.30. The zero-order valence-corrected chi connectivity index (χ0v) is 30.4. The van der Waals surface area contributed by atoms with Crippen molar-refractivity contribution in [3.63, 3.8) is 0 Å². The van der Waals surface area contributed by atoms with Crippen LogP contribution in [0.25, 0.3) is 27.8 Å². The van der Waals surface area contributed by atoms with Crippen LogP contribution in [-0.2, 0) is 6.42 Å². The molecular formula is C49H33BN6. The summed E-state index contributed by atoms with van der Waals surface area (Å²) < 4.78 is 2.41. The maximum atomic E-state index is 4.92. The SMILES string of the molecule is c1ccc(N2c3ccccc3B3c4cccc5c4C(Cc4c-5c5ccccc5n4-c4ccccn4)c4cc(N(c5ccccn5)c5ccccn5)cc2c43)cc1. The molecule has 0 fully saturated rings. The maximum absolute atomic E-state index is 4.92. The van der Waals surface area contributed by atoms with Gasteiger partial charge < -0.3 is 4.90 Å². The van der Waals surface area contributed by atoms with Gasteiger partial charge in [-0.2, -0.15) is 0 Å². The second kappa shape index (κ2) is 12.1. The van der Waals surface area contributed by atoms with Gasteiger partial charge in [-0.15, -0.1) is 0 Å². The van der Waals surface area contributed by atoms with Crippen molar-refractivity contribution in [1.29, 1.82) is 0 Å². The average molecular weight is 717 g/mol. The van der Waals surface area contributed by atoms with Gasteiger partial charge in [0.25, 0.3) is 0 Å². The summed E-state index contributed by atoms with van der Waals surface area (Å²) in [5.41, 5.74) is 16.4. The van der Waals surface area contributed by atoms with Gasteiger partial charge in [0.2, 0.25) is 6.71 Å². The minimum atomic E-state index is 0.0558. The van der Waals surface area contributed by atoms with Crippen molar-refractivity contribution >= 4 is 68.4 Å².